The standard InChI is InChI=1S/C34H48Br2/c1-5-28-12-24-13-29(6-2,15-28)20-33(14-24,19-28)34-21-30(7-3)16-31(8-4,22-34)18-32(17-30,23-34)25-9-26(35)11-27(36)10-25/h9-11,24H,5-8,12-23H2,1-4H3. The van der Waals surface area contributed by atoms with E-state index in [4.69, 9.17) is 0 Å². The van der Waals surface area contributed by atoms with Crippen molar-refractivity contribution in [3.8, 4) is 0 Å². The lowest BCUT2D eigenvalue weighted by Gasteiger charge is -2.79. The molecule has 0 N–H and O–H groups in total. The van der Waals surface area contributed by atoms with Gasteiger partial charge in [-0.25, -0.2) is 0 Å². The first-order valence-corrected chi connectivity index (χ1v) is 17.1. The normalized spacial score (nSPS) is 52.3. The van der Waals surface area contributed by atoms with Crippen LogP contribution in [0.2, 0.25) is 0 Å². The van der Waals surface area contributed by atoms with E-state index < -0.39 is 0 Å². The molecule has 0 heterocycles. The highest BCUT2D eigenvalue weighted by Gasteiger charge is 2.75. The Labute approximate surface area is 237 Å². The van der Waals surface area contributed by atoms with Crippen LogP contribution in [0.4, 0.5) is 0 Å². The minimum Gasteiger partial charge on any atom is -0.0649 e. The van der Waals surface area contributed by atoms with Gasteiger partial charge in [0.05, 0.1) is 0 Å². The molecule has 36 heavy (non-hydrogen) atoms. The third kappa shape index (κ3) is 3.22. The van der Waals surface area contributed by atoms with E-state index in [0.29, 0.717) is 37.9 Å². The minimum atomic E-state index is 0.370. The van der Waals surface area contributed by atoms with Crippen molar-refractivity contribution in [2.45, 2.75) is 136 Å². The average Bonchev–Trinajstić information content (AvgIpc) is 2.82. The molecule has 2 heteroatoms. The Hall–Kier alpha value is 0.180. The van der Waals surface area contributed by atoms with Gasteiger partial charge < -0.3 is 0 Å². The van der Waals surface area contributed by atoms with E-state index in [9.17, 15) is 0 Å². The Morgan fingerprint density at radius 2 is 1.03 bits per heavy atom. The highest BCUT2D eigenvalue weighted by Crippen LogP contribution is 2.85. The molecule has 1 aromatic rings. The van der Waals surface area contributed by atoms with Gasteiger partial charge in [0.2, 0.25) is 0 Å². The van der Waals surface area contributed by atoms with Crippen molar-refractivity contribution in [2.75, 3.05) is 0 Å². The molecule has 0 nitrogen and oxygen atoms in total. The average molecular weight is 617 g/mol. The first-order chi connectivity index (χ1) is 17.0. The van der Waals surface area contributed by atoms with E-state index in [1.807, 2.05) is 0 Å². The Kier molecular flexibility index (Phi) is 5.37. The fourth-order valence-electron chi connectivity index (χ4n) is 13.8. The summed E-state index contributed by atoms with van der Waals surface area (Å²) in [7, 11) is 0. The van der Waals surface area contributed by atoms with Crippen LogP contribution in [-0.4, -0.2) is 0 Å². The molecule has 8 fully saturated rings. The van der Waals surface area contributed by atoms with E-state index >= 15 is 0 Å². The van der Waals surface area contributed by atoms with Crippen LogP contribution in [0.5, 0.6) is 0 Å². The molecule has 0 spiro atoms. The number of rotatable bonds is 6. The molecule has 4 atom stereocenters. The van der Waals surface area contributed by atoms with Crippen LogP contribution in [0.25, 0.3) is 0 Å². The predicted octanol–water partition coefficient (Wildman–Crippen LogP) is 11.4. The molecular weight excluding hydrogens is 568 g/mol. The van der Waals surface area contributed by atoms with Crippen molar-refractivity contribution in [3.63, 3.8) is 0 Å². The molecule has 0 amide bonds. The monoisotopic (exact) mass is 614 g/mol. The van der Waals surface area contributed by atoms with Gasteiger partial charge in [0.15, 0.2) is 0 Å². The van der Waals surface area contributed by atoms with E-state index in [-0.39, 0.29) is 0 Å². The maximum Gasteiger partial charge on any atom is 0.0189 e. The molecule has 8 aliphatic carbocycles. The SMILES string of the molecule is CCC12CC3CC(CC)(C1)CC(C14CC5(CC)CC(CC)(CC(c6cc(Br)cc(Br)c6)(C5)C1)C4)(C3)C2. The van der Waals surface area contributed by atoms with Crippen LogP contribution >= 0.6 is 31.9 Å². The van der Waals surface area contributed by atoms with Gasteiger partial charge in [0, 0.05) is 8.95 Å². The first kappa shape index (κ1) is 25.2. The lowest BCUT2D eigenvalue weighted by atomic mass is 9.25. The van der Waals surface area contributed by atoms with Crippen LogP contribution in [0.3, 0.4) is 0 Å². The first-order valence-electron chi connectivity index (χ1n) is 15.5. The van der Waals surface area contributed by atoms with Crippen LogP contribution in [0.15, 0.2) is 27.1 Å². The zero-order valence-electron chi connectivity index (χ0n) is 23.4. The number of benzene rings is 1. The molecule has 0 aromatic heterocycles. The van der Waals surface area contributed by atoms with Crippen molar-refractivity contribution >= 4 is 31.9 Å². The highest BCUT2D eigenvalue weighted by atomic mass is 79.9. The largest absolute Gasteiger partial charge is 0.0649 e. The molecule has 4 unspecified atom stereocenters. The van der Waals surface area contributed by atoms with Crippen LogP contribution in [-0.2, 0) is 5.41 Å². The lowest BCUT2D eigenvalue weighted by molar-refractivity contribution is -0.281. The summed E-state index contributed by atoms with van der Waals surface area (Å²) in [6, 6.07) is 7.30. The molecule has 198 valence electrons. The van der Waals surface area contributed by atoms with Gasteiger partial charge in [-0.2, -0.15) is 0 Å². The van der Waals surface area contributed by atoms with Gasteiger partial charge in [-0.1, -0.05) is 85.2 Å². The van der Waals surface area contributed by atoms with Gasteiger partial charge >= 0.3 is 0 Å². The van der Waals surface area contributed by atoms with Crippen molar-refractivity contribution < 1.29 is 0 Å². The zero-order valence-corrected chi connectivity index (χ0v) is 26.6. The Balaban J connectivity index is 1.43. The summed E-state index contributed by atoms with van der Waals surface area (Å²) in [6.07, 6.45) is 24.1. The van der Waals surface area contributed by atoms with Crippen LogP contribution in [0.1, 0.15) is 136 Å². The van der Waals surface area contributed by atoms with Gasteiger partial charge in [0.1, 0.15) is 0 Å². The second kappa shape index (κ2) is 7.67. The molecule has 1 aromatic carbocycles. The Bertz CT molecular complexity index is 1020. The lowest BCUT2D eigenvalue weighted by Crippen LogP contribution is -2.70. The van der Waals surface area contributed by atoms with Crippen molar-refractivity contribution in [1.82, 2.24) is 0 Å². The fourth-order valence-corrected chi connectivity index (χ4v) is 15.1. The highest BCUT2D eigenvalue weighted by molar-refractivity contribution is 9.11. The summed E-state index contributed by atoms with van der Waals surface area (Å²) >= 11 is 7.80. The minimum absolute atomic E-state index is 0.370. The second-order valence-corrected chi connectivity index (χ2v) is 17.8. The van der Waals surface area contributed by atoms with E-state index in [1.165, 1.54) is 60.3 Å². The van der Waals surface area contributed by atoms with E-state index in [1.54, 1.807) is 56.9 Å². The molecule has 0 radical (unpaired) electrons. The third-order valence-corrected chi connectivity index (χ3v) is 15.1. The maximum absolute atomic E-state index is 3.90. The molecule has 8 saturated carbocycles. The summed E-state index contributed by atoms with van der Waals surface area (Å²) in [4.78, 5) is 0. The number of hydrogen-bond donors (Lipinski definition) is 0. The van der Waals surface area contributed by atoms with Gasteiger partial charge in [-0.05, 0) is 145 Å². The quantitative estimate of drug-likeness (QED) is 0.298. The third-order valence-electron chi connectivity index (χ3n) is 14.2. The molecule has 9 rings (SSSR count). The smallest absolute Gasteiger partial charge is 0.0189 e. The van der Waals surface area contributed by atoms with Crippen molar-refractivity contribution in [3.05, 3.63) is 32.7 Å². The van der Waals surface area contributed by atoms with Gasteiger partial charge in [-0.15, -0.1) is 0 Å². The summed E-state index contributed by atoms with van der Waals surface area (Å²) < 4.78 is 2.52. The predicted molar refractivity (Wildman–Crippen MR) is 158 cm³/mol. The number of hydrogen-bond acceptors (Lipinski definition) is 0. The number of halogens is 2. The summed E-state index contributed by atoms with van der Waals surface area (Å²) in [6.45, 7) is 10.3. The molecule has 0 saturated heterocycles. The maximum atomic E-state index is 3.90. The zero-order chi connectivity index (χ0) is 25.2. The molecular formula is C34H48Br2. The molecule has 8 aliphatic rings. The Morgan fingerprint density at radius 1 is 0.556 bits per heavy atom. The summed E-state index contributed by atoms with van der Waals surface area (Å²) in [5, 5.41) is 0. The van der Waals surface area contributed by atoms with Crippen molar-refractivity contribution in [1.29, 1.82) is 0 Å². The molecule has 8 bridgehead atoms. The Morgan fingerprint density at radius 3 is 1.53 bits per heavy atom. The summed E-state index contributed by atoms with van der Waals surface area (Å²) in [5.41, 5.74) is 5.62. The van der Waals surface area contributed by atoms with Crippen LogP contribution in [0, 0.1) is 38.4 Å². The van der Waals surface area contributed by atoms with Gasteiger partial charge in [-0.3, -0.25) is 0 Å². The topological polar surface area (TPSA) is 0 Å². The van der Waals surface area contributed by atoms with Crippen molar-refractivity contribution in [2.24, 2.45) is 38.4 Å². The second-order valence-electron chi connectivity index (χ2n) is 16.0. The summed E-state index contributed by atoms with van der Waals surface area (Å²) in [5.74, 6) is 1.01. The van der Waals surface area contributed by atoms with E-state index in [0.717, 1.165) is 5.92 Å². The van der Waals surface area contributed by atoms with Gasteiger partial charge in [0.25, 0.3) is 0 Å². The fraction of sp³-hybridized carbons (Fsp3) is 0.824. The molecule has 0 aliphatic heterocycles. The van der Waals surface area contributed by atoms with Crippen LogP contribution < -0.4 is 0 Å². The van der Waals surface area contributed by atoms with E-state index in [2.05, 4.69) is 77.8 Å².